The molecule has 0 saturated heterocycles. The van der Waals surface area contributed by atoms with Crippen LogP contribution in [-0.4, -0.2) is 24.9 Å². The van der Waals surface area contributed by atoms with E-state index in [0.717, 1.165) is 24.3 Å². The number of nitrogens with zero attached hydrogens (tertiary/aromatic N) is 1. The van der Waals surface area contributed by atoms with Crippen LogP contribution in [0, 0.1) is 5.92 Å². The molecule has 1 aromatic heterocycles. The minimum Gasteiger partial charge on any atom is -0.390 e. The van der Waals surface area contributed by atoms with Crippen LogP contribution in [0.5, 0.6) is 0 Å². The minimum atomic E-state index is 0.0546. The van der Waals surface area contributed by atoms with Crippen molar-refractivity contribution in [3.8, 4) is 0 Å². The van der Waals surface area contributed by atoms with Gasteiger partial charge in [-0.3, -0.25) is 4.79 Å². The number of carbonyl (C=O) groups excluding carboxylic acids is 1. The fraction of sp³-hybridized carbons (Fsp3) is 0.643. The molecule has 0 aliphatic heterocycles. The van der Waals surface area contributed by atoms with Crippen LogP contribution in [-0.2, 0) is 12.8 Å². The fourth-order valence-corrected chi connectivity index (χ4v) is 4.01. The van der Waals surface area contributed by atoms with Gasteiger partial charge in [-0.2, -0.15) is 0 Å². The van der Waals surface area contributed by atoms with Crippen LogP contribution < -0.4 is 5.73 Å². The molecule has 1 atom stereocenters. The molecule has 18 heavy (non-hydrogen) atoms. The molecule has 1 unspecified atom stereocenters. The average Bonchev–Trinajstić information content (AvgIpc) is 2.63. The molecule has 100 valence electrons. The summed E-state index contributed by atoms with van der Waals surface area (Å²) in [5.74, 6) is 0.835. The Morgan fingerprint density at radius 3 is 2.83 bits per heavy atom. The number of nitrogen functional groups attached to an aromatic ring is 1. The Balaban J connectivity index is 2.29. The summed E-state index contributed by atoms with van der Waals surface area (Å²) in [7, 11) is 3.57. The van der Waals surface area contributed by atoms with Crippen molar-refractivity contribution in [2.24, 2.45) is 5.92 Å². The van der Waals surface area contributed by atoms with Gasteiger partial charge >= 0.3 is 0 Å². The molecule has 0 saturated carbocycles. The summed E-state index contributed by atoms with van der Waals surface area (Å²) >= 11 is 1.62. The van der Waals surface area contributed by atoms with Gasteiger partial charge in [0.1, 0.15) is 0 Å². The molecule has 3 nitrogen and oxygen atoms in total. The van der Waals surface area contributed by atoms with E-state index < -0.39 is 0 Å². The number of nitrogens with two attached hydrogens (primary N) is 1. The van der Waals surface area contributed by atoms with Gasteiger partial charge in [-0.25, -0.2) is 0 Å². The highest BCUT2D eigenvalue weighted by molar-refractivity contribution is 7.16. The minimum absolute atomic E-state index is 0.0546. The second kappa shape index (κ2) is 5.31. The maximum Gasteiger partial charge on any atom is 0.256 e. The Labute approximate surface area is 113 Å². The van der Waals surface area contributed by atoms with Gasteiger partial charge in [0.05, 0.1) is 10.6 Å². The molecule has 4 heteroatoms. The number of anilines is 1. The Bertz CT molecular complexity index is 451. The third-order valence-corrected chi connectivity index (χ3v) is 4.80. The number of thiophene rings is 1. The van der Waals surface area contributed by atoms with Crippen molar-refractivity contribution in [3.05, 3.63) is 16.0 Å². The first-order chi connectivity index (χ1) is 8.54. The van der Waals surface area contributed by atoms with Gasteiger partial charge < -0.3 is 10.6 Å². The van der Waals surface area contributed by atoms with Gasteiger partial charge in [-0.1, -0.05) is 19.8 Å². The van der Waals surface area contributed by atoms with Crippen LogP contribution in [0.2, 0.25) is 0 Å². The normalized spacial score (nSPS) is 18.5. The lowest BCUT2D eigenvalue weighted by atomic mass is 9.84. The maximum atomic E-state index is 12.2. The van der Waals surface area contributed by atoms with Gasteiger partial charge in [0.25, 0.3) is 5.91 Å². The molecule has 0 fully saturated rings. The highest BCUT2D eigenvalue weighted by atomic mass is 32.1. The lowest BCUT2D eigenvalue weighted by molar-refractivity contribution is 0.0827. The van der Waals surface area contributed by atoms with Gasteiger partial charge in [0.2, 0.25) is 0 Å². The Hall–Kier alpha value is -1.03. The number of carbonyl (C=O) groups is 1. The predicted molar refractivity (Wildman–Crippen MR) is 77.2 cm³/mol. The summed E-state index contributed by atoms with van der Waals surface area (Å²) in [6.45, 7) is 2.24. The van der Waals surface area contributed by atoms with E-state index in [0.29, 0.717) is 5.00 Å². The van der Waals surface area contributed by atoms with Gasteiger partial charge in [-0.15, -0.1) is 11.3 Å². The zero-order valence-electron chi connectivity index (χ0n) is 11.5. The standard InChI is InChI=1S/C14H22N2OS/c1-4-5-9-6-7-10-11(8-9)18-13(15)12(10)14(17)16(2)3/h9H,4-8,15H2,1-3H3. The number of fused-ring (bicyclic) bond motifs is 1. The van der Waals surface area contributed by atoms with E-state index in [1.807, 2.05) is 0 Å². The SMILES string of the molecule is CCCC1CCc2c(sc(N)c2C(=O)N(C)C)C1. The number of hydrogen-bond donors (Lipinski definition) is 1. The van der Waals surface area contributed by atoms with E-state index in [4.69, 9.17) is 5.73 Å². The van der Waals surface area contributed by atoms with Gasteiger partial charge in [-0.05, 0) is 30.7 Å². The summed E-state index contributed by atoms with van der Waals surface area (Å²) in [5, 5.41) is 0.704. The third-order valence-electron chi connectivity index (χ3n) is 3.71. The molecule has 1 aliphatic carbocycles. The number of amides is 1. The Morgan fingerprint density at radius 1 is 1.50 bits per heavy atom. The molecule has 2 rings (SSSR count). The molecule has 1 amide bonds. The molecule has 0 bridgehead atoms. The first kappa shape index (κ1) is 13.4. The van der Waals surface area contributed by atoms with Crippen LogP contribution in [0.15, 0.2) is 0 Å². The zero-order chi connectivity index (χ0) is 13.3. The van der Waals surface area contributed by atoms with E-state index in [1.165, 1.54) is 29.7 Å². The number of hydrogen-bond acceptors (Lipinski definition) is 3. The van der Waals surface area contributed by atoms with E-state index in [1.54, 1.807) is 30.3 Å². The van der Waals surface area contributed by atoms with Crippen molar-refractivity contribution in [1.29, 1.82) is 0 Å². The fourth-order valence-electron chi connectivity index (χ4n) is 2.79. The van der Waals surface area contributed by atoms with Crippen molar-refractivity contribution in [2.75, 3.05) is 19.8 Å². The molecule has 0 radical (unpaired) electrons. The second-order valence-corrected chi connectivity index (χ2v) is 6.48. The lowest BCUT2D eigenvalue weighted by Crippen LogP contribution is -2.24. The third kappa shape index (κ3) is 2.39. The predicted octanol–water partition coefficient (Wildman–Crippen LogP) is 2.94. The largest absolute Gasteiger partial charge is 0.390 e. The molecule has 2 N–H and O–H groups in total. The van der Waals surface area contributed by atoms with Crippen molar-refractivity contribution in [2.45, 2.75) is 39.0 Å². The Morgan fingerprint density at radius 2 is 2.22 bits per heavy atom. The van der Waals surface area contributed by atoms with Crippen molar-refractivity contribution in [3.63, 3.8) is 0 Å². The van der Waals surface area contributed by atoms with Crippen molar-refractivity contribution < 1.29 is 4.79 Å². The molecule has 1 aliphatic rings. The molecular formula is C14H22N2OS. The topological polar surface area (TPSA) is 46.3 Å². The van der Waals surface area contributed by atoms with E-state index in [9.17, 15) is 4.79 Å². The van der Waals surface area contributed by atoms with E-state index in [-0.39, 0.29) is 5.91 Å². The highest BCUT2D eigenvalue weighted by Crippen LogP contribution is 2.39. The summed E-state index contributed by atoms with van der Waals surface area (Å²) in [5.41, 5.74) is 8.05. The van der Waals surface area contributed by atoms with Crippen molar-refractivity contribution in [1.82, 2.24) is 4.90 Å². The smallest absolute Gasteiger partial charge is 0.256 e. The summed E-state index contributed by atoms with van der Waals surface area (Å²) in [6.07, 6.45) is 5.85. The monoisotopic (exact) mass is 266 g/mol. The molecule has 0 aromatic carbocycles. The van der Waals surface area contributed by atoms with Crippen LogP contribution >= 0.6 is 11.3 Å². The summed E-state index contributed by atoms with van der Waals surface area (Å²) in [4.78, 5) is 15.1. The average molecular weight is 266 g/mol. The summed E-state index contributed by atoms with van der Waals surface area (Å²) < 4.78 is 0. The van der Waals surface area contributed by atoms with Gasteiger partial charge in [0.15, 0.2) is 0 Å². The highest BCUT2D eigenvalue weighted by Gasteiger charge is 2.28. The first-order valence-electron chi connectivity index (χ1n) is 6.66. The zero-order valence-corrected chi connectivity index (χ0v) is 12.3. The lowest BCUT2D eigenvalue weighted by Gasteiger charge is -2.22. The van der Waals surface area contributed by atoms with E-state index in [2.05, 4.69) is 6.92 Å². The molecule has 1 heterocycles. The Kier molecular flexibility index (Phi) is 3.95. The van der Waals surface area contributed by atoms with Crippen LogP contribution in [0.1, 0.15) is 47.0 Å². The summed E-state index contributed by atoms with van der Waals surface area (Å²) in [6, 6.07) is 0. The molecule has 0 spiro atoms. The van der Waals surface area contributed by atoms with Crippen molar-refractivity contribution >= 4 is 22.2 Å². The quantitative estimate of drug-likeness (QED) is 0.914. The molecule has 1 aromatic rings. The maximum absolute atomic E-state index is 12.2. The van der Waals surface area contributed by atoms with E-state index >= 15 is 0 Å². The second-order valence-electron chi connectivity index (χ2n) is 5.34. The number of rotatable bonds is 3. The van der Waals surface area contributed by atoms with Crippen LogP contribution in [0.4, 0.5) is 5.00 Å². The molecular weight excluding hydrogens is 244 g/mol. The van der Waals surface area contributed by atoms with Crippen LogP contribution in [0.3, 0.4) is 0 Å². The van der Waals surface area contributed by atoms with Gasteiger partial charge in [0, 0.05) is 19.0 Å². The first-order valence-corrected chi connectivity index (χ1v) is 7.47. The van der Waals surface area contributed by atoms with Crippen LogP contribution in [0.25, 0.3) is 0 Å².